The highest BCUT2D eigenvalue weighted by atomic mass is 35.5. The molecule has 3 aromatic carbocycles. The molecule has 0 aromatic heterocycles. The fraction of sp³-hybridized carbons (Fsp3) is 0.240. The van der Waals surface area contributed by atoms with Crippen LogP contribution in [0, 0.1) is 6.92 Å². The van der Waals surface area contributed by atoms with Crippen LogP contribution in [0.1, 0.15) is 18.1 Å². The first-order chi connectivity index (χ1) is 15.5. The first-order valence-electron chi connectivity index (χ1n) is 10.3. The predicted molar refractivity (Wildman–Crippen MR) is 128 cm³/mol. The Morgan fingerprint density at radius 2 is 1.78 bits per heavy atom. The van der Waals surface area contributed by atoms with E-state index in [4.69, 9.17) is 25.8 Å². The topological polar surface area (TPSA) is 68.8 Å². The van der Waals surface area contributed by atoms with E-state index in [2.05, 4.69) is 10.6 Å². The van der Waals surface area contributed by atoms with Crippen molar-refractivity contribution >= 4 is 28.9 Å². The zero-order valence-corrected chi connectivity index (χ0v) is 19.2. The summed E-state index contributed by atoms with van der Waals surface area (Å²) in [5.74, 6) is 1.38. The Morgan fingerprint density at radius 1 is 0.969 bits per heavy atom. The highest BCUT2D eigenvalue weighted by Crippen LogP contribution is 2.29. The minimum Gasteiger partial charge on any atom is -0.495 e. The Labute approximate surface area is 193 Å². The molecule has 0 radical (unpaired) electrons. The molecule has 0 saturated carbocycles. The van der Waals surface area contributed by atoms with Crippen molar-refractivity contribution in [2.75, 3.05) is 31.0 Å². The van der Waals surface area contributed by atoms with Crippen molar-refractivity contribution in [2.24, 2.45) is 0 Å². The van der Waals surface area contributed by atoms with Gasteiger partial charge in [0.1, 0.15) is 5.75 Å². The van der Waals surface area contributed by atoms with Crippen molar-refractivity contribution < 1.29 is 19.0 Å². The van der Waals surface area contributed by atoms with Crippen molar-refractivity contribution in [3.63, 3.8) is 0 Å². The highest BCUT2D eigenvalue weighted by Gasteiger charge is 2.11. The maximum absolute atomic E-state index is 12.3. The van der Waals surface area contributed by atoms with Crippen LogP contribution in [0.15, 0.2) is 60.7 Å². The third kappa shape index (κ3) is 6.31. The van der Waals surface area contributed by atoms with Gasteiger partial charge in [-0.15, -0.1) is 0 Å². The van der Waals surface area contributed by atoms with E-state index in [1.807, 2.05) is 56.3 Å². The lowest BCUT2D eigenvalue weighted by molar-refractivity contribution is -0.118. The molecule has 0 saturated heterocycles. The number of carbonyl (C=O) groups is 1. The van der Waals surface area contributed by atoms with E-state index in [-0.39, 0.29) is 12.5 Å². The average molecular weight is 455 g/mol. The first kappa shape index (κ1) is 23.3. The molecule has 0 heterocycles. The van der Waals surface area contributed by atoms with Crippen molar-refractivity contribution in [3.8, 4) is 17.2 Å². The summed E-state index contributed by atoms with van der Waals surface area (Å²) >= 11 is 6.19. The summed E-state index contributed by atoms with van der Waals surface area (Å²) in [4.78, 5) is 12.3. The molecule has 0 aliphatic heterocycles. The molecule has 0 bridgehead atoms. The SMILES string of the molecule is CCOc1cc(CNc2ccc(C)c(Cl)c2)ccc1OCC(=O)Nc1ccccc1OC. The van der Waals surface area contributed by atoms with Gasteiger partial charge >= 0.3 is 0 Å². The zero-order valence-electron chi connectivity index (χ0n) is 18.4. The van der Waals surface area contributed by atoms with Crippen LogP contribution in [-0.2, 0) is 11.3 Å². The second-order valence-electron chi connectivity index (χ2n) is 7.07. The number of nitrogens with one attached hydrogen (secondary N) is 2. The fourth-order valence-electron chi connectivity index (χ4n) is 3.03. The van der Waals surface area contributed by atoms with Crippen LogP contribution in [0.3, 0.4) is 0 Å². The van der Waals surface area contributed by atoms with Crippen LogP contribution >= 0.6 is 11.6 Å². The number of amides is 1. The Kier molecular flexibility index (Phi) is 8.22. The van der Waals surface area contributed by atoms with Crippen LogP contribution in [0.25, 0.3) is 0 Å². The maximum atomic E-state index is 12.3. The number of anilines is 2. The summed E-state index contributed by atoms with van der Waals surface area (Å²) in [5, 5.41) is 6.86. The molecule has 3 rings (SSSR count). The lowest BCUT2D eigenvalue weighted by atomic mass is 10.2. The molecule has 0 aliphatic rings. The summed E-state index contributed by atoms with van der Waals surface area (Å²) in [6, 6.07) is 18.7. The molecule has 0 unspecified atom stereocenters. The number of carbonyl (C=O) groups excluding carboxylic acids is 1. The van der Waals surface area contributed by atoms with E-state index < -0.39 is 0 Å². The number of benzene rings is 3. The highest BCUT2D eigenvalue weighted by molar-refractivity contribution is 6.31. The lowest BCUT2D eigenvalue weighted by Crippen LogP contribution is -2.20. The van der Waals surface area contributed by atoms with Gasteiger partial charge in [0.15, 0.2) is 18.1 Å². The fourth-order valence-corrected chi connectivity index (χ4v) is 3.21. The number of aryl methyl sites for hydroxylation is 1. The van der Waals surface area contributed by atoms with E-state index in [0.717, 1.165) is 21.8 Å². The van der Waals surface area contributed by atoms with Crippen molar-refractivity contribution in [1.82, 2.24) is 0 Å². The van der Waals surface area contributed by atoms with Gasteiger partial charge in [-0.25, -0.2) is 0 Å². The van der Waals surface area contributed by atoms with E-state index >= 15 is 0 Å². The van der Waals surface area contributed by atoms with Gasteiger partial charge in [0.2, 0.25) is 0 Å². The Morgan fingerprint density at radius 3 is 2.53 bits per heavy atom. The maximum Gasteiger partial charge on any atom is 0.262 e. The van der Waals surface area contributed by atoms with Crippen LogP contribution in [0.5, 0.6) is 17.2 Å². The number of hydrogen-bond acceptors (Lipinski definition) is 5. The number of hydrogen-bond donors (Lipinski definition) is 2. The molecule has 0 atom stereocenters. The summed E-state index contributed by atoms with van der Waals surface area (Å²) < 4.78 is 16.7. The number of ether oxygens (including phenoxy) is 3. The van der Waals surface area contributed by atoms with Gasteiger partial charge in [-0.1, -0.05) is 35.9 Å². The molecule has 168 valence electrons. The molecule has 32 heavy (non-hydrogen) atoms. The van der Waals surface area contributed by atoms with Gasteiger partial charge in [0.25, 0.3) is 5.91 Å². The van der Waals surface area contributed by atoms with Gasteiger partial charge in [-0.05, 0) is 61.4 Å². The average Bonchev–Trinajstić information content (AvgIpc) is 2.80. The van der Waals surface area contributed by atoms with Crippen LogP contribution < -0.4 is 24.8 Å². The van der Waals surface area contributed by atoms with Gasteiger partial charge in [0, 0.05) is 17.3 Å². The monoisotopic (exact) mass is 454 g/mol. The molecule has 0 spiro atoms. The van der Waals surface area contributed by atoms with Gasteiger partial charge in [-0.3, -0.25) is 4.79 Å². The standard InChI is InChI=1S/C25H27ClN2O4/c1-4-31-24-13-18(15-27-19-11-9-17(2)20(26)14-19)10-12-23(24)32-16-25(29)28-21-7-5-6-8-22(21)30-3/h5-14,27H,4,15-16H2,1-3H3,(H,28,29). The summed E-state index contributed by atoms with van der Waals surface area (Å²) in [6.45, 7) is 4.78. The van der Waals surface area contributed by atoms with E-state index in [0.29, 0.717) is 36.1 Å². The molecule has 2 N–H and O–H groups in total. The van der Waals surface area contributed by atoms with E-state index in [1.54, 1.807) is 25.3 Å². The lowest BCUT2D eigenvalue weighted by Gasteiger charge is -2.15. The molecular formula is C25H27ClN2O4. The van der Waals surface area contributed by atoms with Crippen molar-refractivity contribution in [1.29, 1.82) is 0 Å². The second kappa shape index (κ2) is 11.3. The first-order valence-corrected chi connectivity index (χ1v) is 10.7. The Balaban J connectivity index is 1.62. The minimum atomic E-state index is -0.293. The normalized spacial score (nSPS) is 10.4. The van der Waals surface area contributed by atoms with Gasteiger partial charge in [-0.2, -0.15) is 0 Å². The molecule has 0 aliphatic carbocycles. The molecule has 1 amide bonds. The molecule has 0 fully saturated rings. The van der Waals surface area contributed by atoms with Crippen LogP contribution in [0.2, 0.25) is 5.02 Å². The van der Waals surface area contributed by atoms with Crippen LogP contribution in [-0.4, -0.2) is 26.2 Å². The Bertz CT molecular complexity index is 1070. The number of rotatable bonds is 10. The number of para-hydroxylation sites is 2. The quantitative estimate of drug-likeness (QED) is 0.412. The third-order valence-corrected chi connectivity index (χ3v) is 5.12. The zero-order chi connectivity index (χ0) is 22.9. The van der Waals surface area contributed by atoms with Gasteiger partial charge < -0.3 is 24.8 Å². The predicted octanol–water partition coefficient (Wildman–Crippen LogP) is 5.69. The molecule has 6 nitrogen and oxygen atoms in total. The van der Waals surface area contributed by atoms with Crippen LogP contribution in [0.4, 0.5) is 11.4 Å². The minimum absolute atomic E-state index is 0.155. The van der Waals surface area contributed by atoms with E-state index in [1.165, 1.54) is 0 Å². The second-order valence-corrected chi connectivity index (χ2v) is 7.48. The molecule has 7 heteroatoms. The Hall–Kier alpha value is -3.38. The summed E-state index contributed by atoms with van der Waals surface area (Å²) in [6.07, 6.45) is 0. The van der Waals surface area contributed by atoms with Crippen molar-refractivity contribution in [2.45, 2.75) is 20.4 Å². The van der Waals surface area contributed by atoms with Crippen molar-refractivity contribution in [3.05, 3.63) is 76.8 Å². The third-order valence-electron chi connectivity index (χ3n) is 4.72. The largest absolute Gasteiger partial charge is 0.495 e. The summed E-state index contributed by atoms with van der Waals surface area (Å²) in [7, 11) is 1.56. The number of halogens is 1. The smallest absolute Gasteiger partial charge is 0.262 e. The van der Waals surface area contributed by atoms with Gasteiger partial charge in [0.05, 0.1) is 19.4 Å². The number of methoxy groups -OCH3 is 1. The molecule has 3 aromatic rings. The summed E-state index contributed by atoms with van der Waals surface area (Å²) in [5.41, 5.74) is 3.57. The molecular weight excluding hydrogens is 428 g/mol. The van der Waals surface area contributed by atoms with E-state index in [9.17, 15) is 4.79 Å².